The molecule has 0 radical (unpaired) electrons. The summed E-state index contributed by atoms with van der Waals surface area (Å²) in [6.45, 7) is 9.53. The van der Waals surface area contributed by atoms with Crippen molar-refractivity contribution in [1.29, 1.82) is 0 Å². The summed E-state index contributed by atoms with van der Waals surface area (Å²) in [6.07, 6.45) is 8.38. The van der Waals surface area contributed by atoms with E-state index < -0.39 is 0 Å². The zero-order valence-corrected chi connectivity index (χ0v) is 12.9. The summed E-state index contributed by atoms with van der Waals surface area (Å²) in [5, 5.41) is 0. The van der Waals surface area contributed by atoms with Gasteiger partial charge < -0.3 is 0 Å². The van der Waals surface area contributed by atoms with Gasteiger partial charge in [0, 0.05) is 19.1 Å². The molecule has 0 bridgehead atoms. The number of rotatable bonds is 8. The molecule has 0 aliphatic heterocycles. The Morgan fingerprint density at radius 2 is 1.82 bits per heavy atom. The Kier molecular flexibility index (Phi) is 7.61. The molecule has 2 heteroatoms. The SMILES string of the molecule is CCCC(CS)CN(CC(C)C)C1CCCC1. The molecule has 0 aromatic heterocycles. The molecular weight excluding hydrogens is 226 g/mol. The zero-order chi connectivity index (χ0) is 12.7. The Labute approximate surface area is 114 Å². The van der Waals surface area contributed by atoms with Crippen LogP contribution in [0.15, 0.2) is 0 Å². The van der Waals surface area contributed by atoms with Crippen LogP contribution < -0.4 is 0 Å². The number of hydrogen-bond acceptors (Lipinski definition) is 2. The molecule has 17 heavy (non-hydrogen) atoms. The Morgan fingerprint density at radius 1 is 1.18 bits per heavy atom. The van der Waals surface area contributed by atoms with E-state index in [9.17, 15) is 0 Å². The highest BCUT2D eigenvalue weighted by Gasteiger charge is 2.24. The van der Waals surface area contributed by atoms with Crippen LogP contribution in [0, 0.1) is 11.8 Å². The van der Waals surface area contributed by atoms with Crippen molar-refractivity contribution in [2.75, 3.05) is 18.8 Å². The average molecular weight is 257 g/mol. The maximum Gasteiger partial charge on any atom is 0.00954 e. The van der Waals surface area contributed by atoms with Gasteiger partial charge in [0.2, 0.25) is 0 Å². The van der Waals surface area contributed by atoms with Crippen LogP contribution in [0.2, 0.25) is 0 Å². The van der Waals surface area contributed by atoms with Crippen LogP contribution >= 0.6 is 12.6 Å². The quantitative estimate of drug-likeness (QED) is 0.637. The van der Waals surface area contributed by atoms with E-state index in [1.54, 1.807) is 0 Å². The van der Waals surface area contributed by atoms with Crippen molar-refractivity contribution in [3.05, 3.63) is 0 Å². The molecule has 1 nitrogen and oxygen atoms in total. The molecular formula is C15H31NS. The van der Waals surface area contributed by atoms with E-state index in [0.717, 1.165) is 23.6 Å². The predicted octanol–water partition coefficient (Wildman–Crippen LogP) is 4.23. The lowest BCUT2D eigenvalue weighted by Crippen LogP contribution is -2.40. The highest BCUT2D eigenvalue weighted by Crippen LogP contribution is 2.26. The molecule has 0 aromatic carbocycles. The first-order chi connectivity index (χ1) is 8.17. The fourth-order valence-electron chi connectivity index (χ4n) is 3.09. The molecule has 1 rings (SSSR count). The number of hydrogen-bond donors (Lipinski definition) is 1. The van der Waals surface area contributed by atoms with Gasteiger partial charge in [-0.3, -0.25) is 4.90 Å². The molecule has 1 aliphatic rings. The summed E-state index contributed by atoms with van der Waals surface area (Å²) in [4.78, 5) is 2.77. The Morgan fingerprint density at radius 3 is 2.29 bits per heavy atom. The summed E-state index contributed by atoms with van der Waals surface area (Å²) in [5.41, 5.74) is 0. The minimum Gasteiger partial charge on any atom is -0.300 e. The van der Waals surface area contributed by atoms with E-state index in [1.807, 2.05) is 0 Å². The van der Waals surface area contributed by atoms with Gasteiger partial charge in [-0.2, -0.15) is 12.6 Å². The molecule has 0 aromatic rings. The van der Waals surface area contributed by atoms with Gasteiger partial charge in [0.1, 0.15) is 0 Å². The maximum absolute atomic E-state index is 4.53. The van der Waals surface area contributed by atoms with Gasteiger partial charge in [-0.1, -0.05) is 40.0 Å². The summed E-state index contributed by atoms with van der Waals surface area (Å²) in [7, 11) is 0. The minimum absolute atomic E-state index is 0.790. The molecule has 1 aliphatic carbocycles. The largest absolute Gasteiger partial charge is 0.300 e. The molecule has 1 saturated carbocycles. The Hall–Kier alpha value is 0.310. The summed E-state index contributed by atoms with van der Waals surface area (Å²) in [6, 6.07) is 0.872. The van der Waals surface area contributed by atoms with E-state index >= 15 is 0 Å². The van der Waals surface area contributed by atoms with Crippen LogP contribution in [0.4, 0.5) is 0 Å². The first kappa shape index (κ1) is 15.4. The standard InChI is InChI=1S/C15H31NS/c1-4-7-14(12-17)11-16(10-13(2)3)15-8-5-6-9-15/h13-15,17H,4-12H2,1-3H3. The lowest BCUT2D eigenvalue weighted by Gasteiger charge is -2.33. The van der Waals surface area contributed by atoms with Crippen molar-refractivity contribution in [1.82, 2.24) is 4.90 Å². The lowest BCUT2D eigenvalue weighted by atomic mass is 10.0. The van der Waals surface area contributed by atoms with Gasteiger partial charge in [-0.25, -0.2) is 0 Å². The molecule has 0 spiro atoms. The monoisotopic (exact) mass is 257 g/mol. The van der Waals surface area contributed by atoms with Gasteiger partial charge in [0.05, 0.1) is 0 Å². The van der Waals surface area contributed by atoms with E-state index in [-0.39, 0.29) is 0 Å². The summed E-state index contributed by atoms with van der Waals surface area (Å²) in [5.74, 6) is 2.63. The zero-order valence-electron chi connectivity index (χ0n) is 12.0. The second kappa shape index (κ2) is 8.42. The van der Waals surface area contributed by atoms with Crippen molar-refractivity contribution in [3.8, 4) is 0 Å². The number of nitrogens with zero attached hydrogens (tertiary/aromatic N) is 1. The molecule has 1 atom stereocenters. The van der Waals surface area contributed by atoms with Crippen LogP contribution in [0.5, 0.6) is 0 Å². The van der Waals surface area contributed by atoms with Crippen LogP contribution in [-0.2, 0) is 0 Å². The maximum atomic E-state index is 4.53. The van der Waals surface area contributed by atoms with Crippen molar-refractivity contribution in [2.45, 2.75) is 65.3 Å². The molecule has 1 unspecified atom stereocenters. The van der Waals surface area contributed by atoms with E-state index in [0.29, 0.717) is 0 Å². The van der Waals surface area contributed by atoms with Crippen molar-refractivity contribution in [3.63, 3.8) is 0 Å². The topological polar surface area (TPSA) is 3.24 Å². The van der Waals surface area contributed by atoms with Crippen LogP contribution in [0.3, 0.4) is 0 Å². The highest BCUT2D eigenvalue weighted by atomic mass is 32.1. The third-order valence-corrected chi connectivity index (χ3v) is 4.40. The van der Waals surface area contributed by atoms with Crippen molar-refractivity contribution in [2.24, 2.45) is 11.8 Å². The fraction of sp³-hybridized carbons (Fsp3) is 1.00. The molecule has 0 N–H and O–H groups in total. The molecule has 102 valence electrons. The minimum atomic E-state index is 0.790. The van der Waals surface area contributed by atoms with E-state index in [2.05, 4.69) is 38.3 Å². The predicted molar refractivity (Wildman–Crippen MR) is 80.9 cm³/mol. The Bertz CT molecular complexity index is 187. The molecule has 0 heterocycles. The summed E-state index contributed by atoms with van der Waals surface area (Å²) < 4.78 is 0. The lowest BCUT2D eigenvalue weighted by molar-refractivity contribution is 0.152. The van der Waals surface area contributed by atoms with Crippen LogP contribution in [-0.4, -0.2) is 29.8 Å². The van der Waals surface area contributed by atoms with Gasteiger partial charge in [-0.05, 0) is 36.9 Å². The van der Waals surface area contributed by atoms with Gasteiger partial charge in [0.25, 0.3) is 0 Å². The van der Waals surface area contributed by atoms with Gasteiger partial charge in [-0.15, -0.1) is 0 Å². The first-order valence-corrected chi connectivity index (χ1v) is 8.15. The second-order valence-electron chi connectivity index (χ2n) is 6.12. The summed E-state index contributed by atoms with van der Waals surface area (Å²) >= 11 is 4.53. The third-order valence-electron chi connectivity index (χ3n) is 3.89. The fourth-order valence-corrected chi connectivity index (χ4v) is 3.39. The highest BCUT2D eigenvalue weighted by molar-refractivity contribution is 7.80. The first-order valence-electron chi connectivity index (χ1n) is 7.52. The van der Waals surface area contributed by atoms with Gasteiger partial charge in [0.15, 0.2) is 0 Å². The van der Waals surface area contributed by atoms with Crippen molar-refractivity contribution >= 4 is 12.6 Å². The third kappa shape index (κ3) is 5.65. The Balaban J connectivity index is 2.48. The second-order valence-corrected chi connectivity index (χ2v) is 6.49. The average Bonchev–Trinajstić information content (AvgIpc) is 2.80. The van der Waals surface area contributed by atoms with Gasteiger partial charge >= 0.3 is 0 Å². The van der Waals surface area contributed by atoms with E-state index in [4.69, 9.17) is 0 Å². The van der Waals surface area contributed by atoms with Crippen molar-refractivity contribution < 1.29 is 0 Å². The normalized spacial score (nSPS) is 19.4. The van der Waals surface area contributed by atoms with E-state index in [1.165, 1.54) is 51.6 Å². The molecule has 0 amide bonds. The smallest absolute Gasteiger partial charge is 0.00954 e. The molecule has 0 saturated heterocycles. The number of thiol groups is 1. The molecule has 1 fully saturated rings. The van der Waals surface area contributed by atoms with Crippen LogP contribution in [0.1, 0.15) is 59.3 Å². The van der Waals surface area contributed by atoms with Crippen LogP contribution in [0.25, 0.3) is 0 Å².